The molecule has 0 radical (unpaired) electrons. The molecule has 2 heterocycles. The van der Waals surface area contributed by atoms with Gasteiger partial charge in [0.25, 0.3) is 23.6 Å². The van der Waals surface area contributed by atoms with E-state index >= 15 is 0 Å². The Morgan fingerprint density at radius 3 is 1.33 bits per heavy atom. The standard InChI is InChI=1S/C42H38N4O12/c1-21-15-35(49)57-31-17-23(7-9-25(21)31)45-33(47)19-55-39-29(53-5)13-11-27(41(51)43-3)37(39)38-28(42(52)44-4)12-14-30(54-6)40(38)56-20-34(48)46-24-8-10-26-22(2)16-36(50)58-32(26)18-24/h7-18H,19-20H2,1-6H3,(H,43,51)(H,44,52)(H,45,47)(H,46,48). The Morgan fingerprint density at radius 2 is 0.966 bits per heavy atom. The number of hydrogen-bond acceptors (Lipinski definition) is 12. The van der Waals surface area contributed by atoms with E-state index in [0.29, 0.717) is 33.3 Å². The molecule has 4 N–H and O–H groups in total. The Bertz CT molecular complexity index is 2550. The molecule has 6 aromatic rings. The molecule has 0 saturated heterocycles. The first kappa shape index (κ1) is 40.1. The molecule has 0 aliphatic rings. The fourth-order valence-electron chi connectivity index (χ4n) is 6.35. The number of methoxy groups -OCH3 is 2. The quantitative estimate of drug-likeness (QED) is 0.114. The number of amides is 4. The van der Waals surface area contributed by atoms with Crippen LogP contribution in [-0.2, 0) is 9.59 Å². The van der Waals surface area contributed by atoms with Crippen molar-refractivity contribution in [3.63, 3.8) is 0 Å². The Kier molecular flexibility index (Phi) is 11.8. The molecular weight excluding hydrogens is 752 g/mol. The third kappa shape index (κ3) is 8.30. The summed E-state index contributed by atoms with van der Waals surface area (Å²) in [4.78, 5) is 77.8. The van der Waals surface area contributed by atoms with E-state index in [9.17, 15) is 28.8 Å². The highest BCUT2D eigenvalue weighted by molar-refractivity contribution is 6.10. The summed E-state index contributed by atoms with van der Waals surface area (Å²) in [5, 5.41) is 11.9. The van der Waals surface area contributed by atoms with Crippen molar-refractivity contribution in [3.05, 3.63) is 116 Å². The van der Waals surface area contributed by atoms with Crippen LogP contribution >= 0.6 is 0 Å². The number of fused-ring (bicyclic) bond motifs is 2. The molecule has 0 aliphatic heterocycles. The lowest BCUT2D eigenvalue weighted by Gasteiger charge is -2.23. The second kappa shape index (κ2) is 17.0. The van der Waals surface area contributed by atoms with Gasteiger partial charge < -0.3 is 49.0 Å². The van der Waals surface area contributed by atoms with Crippen LogP contribution in [0.25, 0.3) is 33.1 Å². The number of ether oxygens (including phenoxy) is 4. The number of benzene rings is 4. The van der Waals surface area contributed by atoms with Crippen LogP contribution in [0.15, 0.2) is 91.2 Å². The van der Waals surface area contributed by atoms with Gasteiger partial charge in [-0.05, 0) is 73.5 Å². The van der Waals surface area contributed by atoms with Crippen LogP contribution < -0.4 is 51.5 Å². The minimum Gasteiger partial charge on any atom is -0.493 e. The van der Waals surface area contributed by atoms with Crippen molar-refractivity contribution in [2.24, 2.45) is 0 Å². The second-order valence-electron chi connectivity index (χ2n) is 12.8. The van der Waals surface area contributed by atoms with Crippen molar-refractivity contribution in [2.45, 2.75) is 13.8 Å². The summed E-state index contributed by atoms with van der Waals surface area (Å²) in [5.74, 6) is -2.58. The van der Waals surface area contributed by atoms with E-state index in [1.807, 2.05) is 0 Å². The van der Waals surface area contributed by atoms with Gasteiger partial charge in [-0.15, -0.1) is 0 Å². The summed E-state index contributed by atoms with van der Waals surface area (Å²) in [6, 6.07) is 18.2. The zero-order valence-electron chi connectivity index (χ0n) is 32.2. The van der Waals surface area contributed by atoms with E-state index in [1.54, 1.807) is 38.1 Å². The highest BCUT2D eigenvalue weighted by Gasteiger charge is 2.31. The molecule has 6 rings (SSSR count). The lowest BCUT2D eigenvalue weighted by Crippen LogP contribution is -2.24. The maximum Gasteiger partial charge on any atom is 0.336 e. The summed E-state index contributed by atoms with van der Waals surface area (Å²) in [7, 11) is 5.51. The van der Waals surface area contributed by atoms with Crippen molar-refractivity contribution in [3.8, 4) is 34.1 Å². The third-order valence-corrected chi connectivity index (χ3v) is 9.04. The first-order chi connectivity index (χ1) is 27.8. The van der Waals surface area contributed by atoms with Crippen LogP contribution in [0.4, 0.5) is 11.4 Å². The number of aryl methyl sites for hydroxylation is 2. The molecule has 4 aromatic carbocycles. The molecule has 16 nitrogen and oxygen atoms in total. The summed E-state index contributed by atoms with van der Waals surface area (Å²) < 4.78 is 34.1. The second-order valence-corrected chi connectivity index (χ2v) is 12.8. The predicted molar refractivity (Wildman–Crippen MR) is 214 cm³/mol. The highest BCUT2D eigenvalue weighted by atomic mass is 16.5. The van der Waals surface area contributed by atoms with Crippen molar-refractivity contribution >= 4 is 56.9 Å². The van der Waals surface area contributed by atoms with Crippen LogP contribution in [-0.4, -0.2) is 65.2 Å². The predicted octanol–water partition coefficient (Wildman–Crippen LogP) is 4.95. The molecule has 0 fully saturated rings. The molecular formula is C42H38N4O12. The average molecular weight is 791 g/mol. The Balaban J connectivity index is 1.39. The van der Waals surface area contributed by atoms with Gasteiger partial charge in [-0.2, -0.15) is 0 Å². The van der Waals surface area contributed by atoms with E-state index in [1.165, 1.54) is 76.8 Å². The van der Waals surface area contributed by atoms with Crippen LogP contribution in [0.1, 0.15) is 31.8 Å². The first-order valence-corrected chi connectivity index (χ1v) is 17.7. The number of carbonyl (C=O) groups is 4. The lowest BCUT2D eigenvalue weighted by atomic mass is 9.91. The number of rotatable bonds is 13. The number of hydrogen-bond donors (Lipinski definition) is 4. The van der Waals surface area contributed by atoms with Crippen LogP contribution in [0.3, 0.4) is 0 Å². The van der Waals surface area contributed by atoms with Gasteiger partial charge in [0.1, 0.15) is 11.2 Å². The smallest absolute Gasteiger partial charge is 0.336 e. The fourth-order valence-corrected chi connectivity index (χ4v) is 6.35. The maximum absolute atomic E-state index is 13.5. The molecule has 0 spiro atoms. The van der Waals surface area contributed by atoms with E-state index in [4.69, 9.17) is 27.8 Å². The first-order valence-electron chi connectivity index (χ1n) is 17.7. The van der Waals surface area contributed by atoms with Crippen molar-refractivity contribution in [1.82, 2.24) is 10.6 Å². The molecule has 0 atom stereocenters. The van der Waals surface area contributed by atoms with Crippen molar-refractivity contribution < 1.29 is 47.0 Å². The van der Waals surface area contributed by atoms with Gasteiger partial charge in [0, 0.05) is 71.6 Å². The van der Waals surface area contributed by atoms with Gasteiger partial charge in [-0.25, -0.2) is 9.59 Å². The summed E-state index contributed by atoms with van der Waals surface area (Å²) in [5.41, 5.74) is 1.42. The zero-order valence-corrected chi connectivity index (χ0v) is 32.2. The fraction of sp³-hybridized carbons (Fsp3) is 0.190. The van der Waals surface area contributed by atoms with Crippen molar-refractivity contribution in [1.29, 1.82) is 0 Å². The number of anilines is 2. The summed E-state index contributed by atoms with van der Waals surface area (Å²) in [6.45, 7) is 2.28. The average Bonchev–Trinajstić information content (AvgIpc) is 3.20. The van der Waals surface area contributed by atoms with E-state index in [2.05, 4.69) is 21.3 Å². The van der Waals surface area contributed by atoms with Crippen molar-refractivity contribution in [2.75, 3.05) is 52.2 Å². The van der Waals surface area contributed by atoms with Gasteiger partial charge in [0.05, 0.1) is 25.3 Å². The van der Waals surface area contributed by atoms with E-state index in [-0.39, 0.29) is 56.4 Å². The van der Waals surface area contributed by atoms with E-state index in [0.717, 1.165) is 0 Å². The SMILES string of the molecule is CNC(=O)c1ccc(OC)c(OCC(=O)Nc2ccc3c(C)cc(=O)oc3c2)c1-c1c(C(=O)NC)ccc(OC)c1OCC(=O)Nc1ccc2c(C)cc(=O)oc2c1. The zero-order chi connectivity index (χ0) is 41.7. The molecule has 4 amide bonds. The molecule has 0 saturated carbocycles. The van der Waals surface area contributed by atoms with Crippen LogP contribution in [0.2, 0.25) is 0 Å². The Morgan fingerprint density at radius 1 is 0.569 bits per heavy atom. The maximum atomic E-state index is 13.5. The summed E-state index contributed by atoms with van der Waals surface area (Å²) >= 11 is 0. The van der Waals surface area contributed by atoms with Crippen LogP contribution in [0, 0.1) is 13.8 Å². The van der Waals surface area contributed by atoms with Crippen LogP contribution in [0.5, 0.6) is 23.0 Å². The van der Waals surface area contributed by atoms with Gasteiger partial charge in [-0.3, -0.25) is 19.2 Å². The molecule has 16 heteroatoms. The minimum absolute atomic E-state index is 0.0145. The molecule has 2 aromatic heterocycles. The van der Waals surface area contributed by atoms with Gasteiger partial charge in [0.2, 0.25) is 0 Å². The monoisotopic (exact) mass is 790 g/mol. The molecule has 0 aliphatic carbocycles. The number of nitrogens with one attached hydrogen (secondary N) is 4. The van der Waals surface area contributed by atoms with Gasteiger partial charge >= 0.3 is 11.3 Å². The highest BCUT2D eigenvalue weighted by Crippen LogP contribution is 2.49. The Labute approximate surface area is 330 Å². The lowest BCUT2D eigenvalue weighted by molar-refractivity contribution is -0.118. The topological polar surface area (TPSA) is 214 Å². The Hall–Kier alpha value is -7.62. The summed E-state index contributed by atoms with van der Waals surface area (Å²) in [6.07, 6.45) is 0. The van der Waals surface area contributed by atoms with E-state index < -0.39 is 48.1 Å². The molecule has 0 unspecified atom stereocenters. The molecule has 0 bridgehead atoms. The molecule has 298 valence electrons. The molecule has 58 heavy (non-hydrogen) atoms. The normalized spacial score (nSPS) is 10.8. The third-order valence-electron chi connectivity index (χ3n) is 9.04. The van der Waals surface area contributed by atoms with Gasteiger partial charge in [0.15, 0.2) is 36.2 Å². The number of carbonyl (C=O) groups excluding carboxylic acids is 4. The minimum atomic E-state index is -0.638. The van der Waals surface area contributed by atoms with Gasteiger partial charge in [-0.1, -0.05) is 0 Å². The largest absolute Gasteiger partial charge is 0.493 e.